The maximum atomic E-state index is 12.7. The quantitative estimate of drug-likeness (QED) is 0.742. The molecule has 2 aliphatic rings. The van der Waals surface area contributed by atoms with Gasteiger partial charge in [0.15, 0.2) is 0 Å². The average molecular weight is 367 g/mol. The Balaban J connectivity index is 1.75. The number of benzene rings is 1. The Hall–Kier alpha value is -1.23. The van der Waals surface area contributed by atoms with E-state index in [9.17, 15) is 4.79 Å². The molecule has 0 unspecified atom stereocenters. The Kier molecular flexibility index (Phi) is 3.79. The van der Waals surface area contributed by atoms with Gasteiger partial charge in [-0.15, -0.1) is 11.3 Å². The summed E-state index contributed by atoms with van der Waals surface area (Å²) >= 11 is 14.3. The molecule has 0 saturated carbocycles. The van der Waals surface area contributed by atoms with Crippen LogP contribution in [-0.4, -0.2) is 5.91 Å². The minimum absolute atomic E-state index is 0.0354. The fourth-order valence-corrected chi connectivity index (χ4v) is 5.45. The molecule has 2 N–H and O–H groups in total. The van der Waals surface area contributed by atoms with E-state index < -0.39 is 6.17 Å². The number of nitrogens with one attached hydrogen (secondary N) is 2. The third kappa shape index (κ3) is 2.53. The first-order valence-corrected chi connectivity index (χ1v) is 9.27. The van der Waals surface area contributed by atoms with Crippen molar-refractivity contribution in [3.8, 4) is 0 Å². The molecule has 0 saturated heterocycles. The van der Waals surface area contributed by atoms with Crippen molar-refractivity contribution in [2.24, 2.45) is 5.92 Å². The number of amides is 1. The molecule has 120 valence electrons. The molecule has 0 spiro atoms. The van der Waals surface area contributed by atoms with Crippen molar-refractivity contribution in [1.82, 2.24) is 5.32 Å². The van der Waals surface area contributed by atoms with Crippen LogP contribution in [0.3, 0.4) is 0 Å². The summed E-state index contributed by atoms with van der Waals surface area (Å²) in [5.41, 5.74) is 2.75. The molecule has 4 rings (SSSR count). The number of hydrogen-bond acceptors (Lipinski definition) is 3. The van der Waals surface area contributed by atoms with Gasteiger partial charge >= 0.3 is 0 Å². The maximum Gasteiger partial charge on any atom is 0.256 e. The minimum Gasteiger partial charge on any atom is -0.353 e. The van der Waals surface area contributed by atoms with Gasteiger partial charge in [0.05, 0.1) is 5.56 Å². The second kappa shape index (κ2) is 5.69. The highest BCUT2D eigenvalue weighted by atomic mass is 35.5. The number of rotatable bonds is 1. The summed E-state index contributed by atoms with van der Waals surface area (Å²) < 4.78 is 0. The third-order valence-corrected chi connectivity index (χ3v) is 6.42. The van der Waals surface area contributed by atoms with Crippen molar-refractivity contribution in [3.05, 3.63) is 49.8 Å². The molecule has 0 radical (unpaired) electrons. The van der Waals surface area contributed by atoms with Crippen LogP contribution in [0.4, 0.5) is 5.00 Å². The molecule has 6 heteroatoms. The van der Waals surface area contributed by atoms with E-state index in [-0.39, 0.29) is 5.91 Å². The molecule has 1 amide bonds. The Labute approximate surface area is 149 Å². The van der Waals surface area contributed by atoms with Gasteiger partial charge in [0.25, 0.3) is 5.91 Å². The van der Waals surface area contributed by atoms with Gasteiger partial charge in [-0.3, -0.25) is 4.79 Å². The Bertz CT molecular complexity index is 782. The van der Waals surface area contributed by atoms with Crippen LogP contribution in [0.2, 0.25) is 10.0 Å². The van der Waals surface area contributed by atoms with Crippen molar-refractivity contribution in [3.63, 3.8) is 0 Å². The van der Waals surface area contributed by atoms with Crippen LogP contribution in [-0.2, 0) is 12.8 Å². The van der Waals surface area contributed by atoms with Crippen molar-refractivity contribution < 1.29 is 4.79 Å². The zero-order chi connectivity index (χ0) is 16.1. The molecule has 1 aromatic carbocycles. The lowest BCUT2D eigenvalue weighted by Crippen LogP contribution is -2.38. The second-order valence-corrected chi connectivity index (χ2v) is 8.16. The van der Waals surface area contributed by atoms with Gasteiger partial charge in [-0.05, 0) is 42.9 Å². The summed E-state index contributed by atoms with van der Waals surface area (Å²) in [5, 5.41) is 8.46. The van der Waals surface area contributed by atoms with Crippen molar-refractivity contribution in [1.29, 1.82) is 0 Å². The van der Waals surface area contributed by atoms with E-state index >= 15 is 0 Å². The van der Waals surface area contributed by atoms with Gasteiger partial charge < -0.3 is 10.6 Å². The molecular weight excluding hydrogens is 351 g/mol. The zero-order valence-electron chi connectivity index (χ0n) is 12.6. The van der Waals surface area contributed by atoms with E-state index in [1.165, 1.54) is 10.4 Å². The summed E-state index contributed by atoms with van der Waals surface area (Å²) in [4.78, 5) is 14.0. The third-order valence-electron chi connectivity index (χ3n) is 4.58. The van der Waals surface area contributed by atoms with Gasteiger partial charge in [-0.2, -0.15) is 0 Å². The second-order valence-electron chi connectivity index (χ2n) is 6.24. The average Bonchev–Trinajstić information content (AvgIpc) is 2.84. The zero-order valence-corrected chi connectivity index (χ0v) is 14.9. The monoisotopic (exact) mass is 366 g/mol. The molecule has 0 fully saturated rings. The Morgan fingerprint density at radius 1 is 1.22 bits per heavy atom. The van der Waals surface area contributed by atoms with Crippen LogP contribution in [0, 0.1) is 5.92 Å². The van der Waals surface area contributed by atoms with E-state index in [2.05, 4.69) is 17.6 Å². The summed E-state index contributed by atoms with van der Waals surface area (Å²) in [6, 6.07) is 5.37. The van der Waals surface area contributed by atoms with Crippen LogP contribution in [0.5, 0.6) is 0 Å². The van der Waals surface area contributed by atoms with Crippen molar-refractivity contribution in [2.75, 3.05) is 5.32 Å². The molecule has 0 bridgehead atoms. The normalized spacial score (nSPS) is 22.8. The number of anilines is 1. The van der Waals surface area contributed by atoms with Gasteiger partial charge in [-0.1, -0.05) is 36.2 Å². The van der Waals surface area contributed by atoms with E-state index in [1.807, 2.05) is 0 Å². The van der Waals surface area contributed by atoms with Crippen LogP contribution in [0.15, 0.2) is 18.2 Å². The van der Waals surface area contributed by atoms with Crippen LogP contribution in [0.25, 0.3) is 0 Å². The van der Waals surface area contributed by atoms with Gasteiger partial charge in [0.2, 0.25) is 0 Å². The lowest BCUT2D eigenvalue weighted by atomic mass is 9.88. The lowest BCUT2D eigenvalue weighted by molar-refractivity contribution is 0.0935. The maximum absolute atomic E-state index is 12.7. The Morgan fingerprint density at radius 2 is 1.96 bits per heavy atom. The summed E-state index contributed by atoms with van der Waals surface area (Å²) in [6.07, 6.45) is 2.78. The predicted octanol–water partition coefficient (Wildman–Crippen LogP) is 5.03. The number of carbonyl (C=O) groups is 1. The van der Waals surface area contributed by atoms with Crippen molar-refractivity contribution in [2.45, 2.75) is 32.4 Å². The van der Waals surface area contributed by atoms with Gasteiger partial charge in [-0.25, -0.2) is 0 Å². The minimum atomic E-state index is -0.395. The summed E-state index contributed by atoms with van der Waals surface area (Å²) in [6.45, 7) is 2.27. The van der Waals surface area contributed by atoms with E-state index in [0.29, 0.717) is 16.0 Å². The Morgan fingerprint density at radius 3 is 2.70 bits per heavy atom. The van der Waals surface area contributed by atoms with Crippen LogP contribution < -0.4 is 10.6 Å². The smallest absolute Gasteiger partial charge is 0.256 e. The van der Waals surface area contributed by atoms with Crippen LogP contribution in [0.1, 0.15) is 45.9 Å². The van der Waals surface area contributed by atoms with E-state index in [4.69, 9.17) is 23.2 Å². The first kappa shape index (κ1) is 15.3. The van der Waals surface area contributed by atoms with Crippen molar-refractivity contribution >= 4 is 45.4 Å². The van der Waals surface area contributed by atoms with E-state index in [0.717, 1.165) is 35.4 Å². The molecule has 23 heavy (non-hydrogen) atoms. The molecular formula is C17H16Cl2N2OS. The highest BCUT2D eigenvalue weighted by Crippen LogP contribution is 2.43. The number of carbonyl (C=O) groups excluding carboxylic acids is 1. The fourth-order valence-electron chi connectivity index (χ4n) is 3.39. The lowest BCUT2D eigenvalue weighted by Gasteiger charge is -2.28. The number of thiophene rings is 1. The fraction of sp³-hybridized carbons (Fsp3) is 0.353. The molecule has 1 aliphatic carbocycles. The molecule has 2 aromatic rings. The van der Waals surface area contributed by atoms with E-state index in [1.54, 1.807) is 29.5 Å². The van der Waals surface area contributed by atoms with Gasteiger partial charge in [0, 0.05) is 20.5 Å². The molecule has 2 atom stereocenters. The molecule has 3 nitrogen and oxygen atoms in total. The standard InChI is InChI=1S/C17H16Cl2N2OS/c1-8-5-6-9-12(7-8)23-17-13(9)16(22)20-15(21-17)14-10(18)3-2-4-11(14)19/h2-4,8,15,21H,5-7H2,1H3,(H,20,22)/t8-,15-/m0/s1. The first-order valence-electron chi connectivity index (χ1n) is 7.70. The summed E-state index contributed by atoms with van der Waals surface area (Å²) in [7, 11) is 0. The van der Waals surface area contributed by atoms with Gasteiger partial charge in [0.1, 0.15) is 11.2 Å². The number of halogens is 2. The largest absolute Gasteiger partial charge is 0.353 e. The topological polar surface area (TPSA) is 41.1 Å². The van der Waals surface area contributed by atoms with Crippen LogP contribution >= 0.6 is 34.5 Å². The molecule has 2 heterocycles. The predicted molar refractivity (Wildman–Crippen MR) is 95.8 cm³/mol. The highest BCUT2D eigenvalue weighted by Gasteiger charge is 2.34. The SMILES string of the molecule is C[C@H]1CCc2c(sc3c2C(=O)N[C@H](c2c(Cl)cccc2Cl)N3)C1. The highest BCUT2D eigenvalue weighted by molar-refractivity contribution is 7.16. The summed E-state index contributed by atoms with van der Waals surface area (Å²) in [5.74, 6) is 0.645. The number of hydrogen-bond donors (Lipinski definition) is 2. The molecule has 1 aliphatic heterocycles. The number of fused-ring (bicyclic) bond motifs is 3. The molecule has 1 aromatic heterocycles. The first-order chi connectivity index (χ1) is 11.0.